The molecule has 3 unspecified atom stereocenters. The van der Waals surface area contributed by atoms with Crippen LogP contribution in [0.3, 0.4) is 0 Å². The van der Waals surface area contributed by atoms with Gasteiger partial charge in [0.05, 0.1) is 0 Å². The zero-order valence-electron chi connectivity index (χ0n) is 11.4. The van der Waals surface area contributed by atoms with Gasteiger partial charge in [-0.15, -0.1) is 0 Å². The van der Waals surface area contributed by atoms with Crippen LogP contribution in [0.5, 0.6) is 0 Å². The van der Waals surface area contributed by atoms with Crippen molar-refractivity contribution in [1.29, 1.82) is 0 Å². The molecule has 0 aromatic carbocycles. The van der Waals surface area contributed by atoms with Crippen molar-refractivity contribution in [2.45, 2.75) is 51.3 Å². The molecule has 0 saturated carbocycles. The molecule has 0 aliphatic rings. The molecule has 0 aliphatic heterocycles. The first-order valence-corrected chi connectivity index (χ1v) is 13.9. The minimum absolute atomic E-state index is 0.995. The Labute approximate surface area is 121 Å². The summed E-state index contributed by atoms with van der Waals surface area (Å²) in [5.74, 6) is 0. The SMILES string of the molecule is CC[CH](SC)[Ir]([CH](CC)SC)[CH](CC)SC. The van der Waals surface area contributed by atoms with Gasteiger partial charge in [0.25, 0.3) is 0 Å². The van der Waals surface area contributed by atoms with Crippen molar-refractivity contribution in [3.05, 3.63) is 0 Å². The van der Waals surface area contributed by atoms with Crippen LogP contribution in [0.25, 0.3) is 0 Å². The molecule has 0 amide bonds. The Morgan fingerprint density at radius 1 is 0.688 bits per heavy atom. The zero-order chi connectivity index (χ0) is 12.6. The molecule has 0 bridgehead atoms. The van der Waals surface area contributed by atoms with Gasteiger partial charge in [0.15, 0.2) is 0 Å². The monoisotopic (exact) mass is 460 g/mol. The van der Waals surface area contributed by atoms with E-state index in [0.717, 1.165) is 11.3 Å². The first-order chi connectivity index (χ1) is 7.69. The summed E-state index contributed by atoms with van der Waals surface area (Å²) in [6, 6.07) is 0. The van der Waals surface area contributed by atoms with Gasteiger partial charge in [0, 0.05) is 0 Å². The van der Waals surface area contributed by atoms with Gasteiger partial charge in [0.2, 0.25) is 0 Å². The van der Waals surface area contributed by atoms with Crippen LogP contribution in [0, 0.1) is 0 Å². The van der Waals surface area contributed by atoms with E-state index < -0.39 is 16.5 Å². The van der Waals surface area contributed by atoms with Gasteiger partial charge in [-0.3, -0.25) is 0 Å². The zero-order valence-corrected chi connectivity index (χ0v) is 16.3. The molecule has 0 heterocycles. The van der Waals surface area contributed by atoms with Gasteiger partial charge in [-0.05, 0) is 0 Å². The van der Waals surface area contributed by atoms with Crippen molar-refractivity contribution in [2.75, 3.05) is 18.8 Å². The molecule has 0 radical (unpaired) electrons. The van der Waals surface area contributed by atoms with E-state index in [1.54, 1.807) is 0 Å². The van der Waals surface area contributed by atoms with Crippen LogP contribution in [0.1, 0.15) is 40.0 Å². The maximum atomic E-state index is 2.38. The van der Waals surface area contributed by atoms with Crippen LogP contribution in [0.15, 0.2) is 0 Å². The van der Waals surface area contributed by atoms with E-state index >= 15 is 0 Å². The van der Waals surface area contributed by atoms with E-state index in [2.05, 4.69) is 74.8 Å². The summed E-state index contributed by atoms with van der Waals surface area (Å²) in [4.78, 5) is 0. The second-order valence-corrected chi connectivity index (χ2v) is 16.7. The third-order valence-corrected chi connectivity index (χ3v) is 22.7. The molecule has 0 aromatic rings. The topological polar surface area (TPSA) is 0 Å². The molecule has 0 fully saturated rings. The Balaban J connectivity index is 4.84. The van der Waals surface area contributed by atoms with Crippen LogP contribution in [0.2, 0.25) is 0 Å². The van der Waals surface area contributed by atoms with Gasteiger partial charge in [-0.1, -0.05) is 0 Å². The Morgan fingerprint density at radius 3 is 1.06 bits per heavy atom. The molecular weight excluding hydrogens is 433 g/mol. The van der Waals surface area contributed by atoms with Crippen molar-refractivity contribution in [3.8, 4) is 0 Å². The summed E-state index contributed by atoms with van der Waals surface area (Å²) in [5.41, 5.74) is 0. The van der Waals surface area contributed by atoms with Crippen molar-refractivity contribution in [2.24, 2.45) is 0 Å². The predicted octanol–water partition coefficient (Wildman–Crippen LogP) is 4.90. The quantitative estimate of drug-likeness (QED) is 0.481. The van der Waals surface area contributed by atoms with E-state index in [9.17, 15) is 0 Å². The van der Waals surface area contributed by atoms with Crippen LogP contribution in [-0.2, 0) is 16.5 Å². The van der Waals surface area contributed by atoms with Crippen molar-refractivity contribution in [1.82, 2.24) is 0 Å². The van der Waals surface area contributed by atoms with E-state index in [4.69, 9.17) is 0 Å². The summed E-state index contributed by atoms with van der Waals surface area (Å²) in [6.45, 7) is 7.15. The Bertz CT molecular complexity index is 126. The summed E-state index contributed by atoms with van der Waals surface area (Å²) >= 11 is 5.43. The van der Waals surface area contributed by atoms with Crippen LogP contribution < -0.4 is 0 Å². The van der Waals surface area contributed by atoms with Gasteiger partial charge < -0.3 is 0 Å². The molecule has 3 atom stereocenters. The van der Waals surface area contributed by atoms with E-state index in [1.807, 2.05) is 0 Å². The van der Waals surface area contributed by atoms with Crippen molar-refractivity contribution in [3.63, 3.8) is 0 Å². The molecule has 0 aromatic heterocycles. The molecule has 0 rings (SSSR count). The molecule has 16 heavy (non-hydrogen) atoms. The van der Waals surface area contributed by atoms with E-state index in [1.165, 1.54) is 19.3 Å². The predicted molar refractivity (Wildman–Crippen MR) is 82.8 cm³/mol. The average molecular weight is 460 g/mol. The fourth-order valence-electron chi connectivity index (χ4n) is 1.66. The van der Waals surface area contributed by atoms with Gasteiger partial charge in [0.1, 0.15) is 0 Å². The fourth-order valence-corrected chi connectivity index (χ4v) is 22.2. The summed E-state index contributed by atoms with van der Waals surface area (Å²) in [6.07, 6.45) is 11.1. The maximum absolute atomic E-state index is 2.38. The van der Waals surface area contributed by atoms with E-state index in [0.29, 0.717) is 0 Å². The fraction of sp³-hybridized carbons (Fsp3) is 1.00. The number of thioether (sulfide) groups is 3. The van der Waals surface area contributed by atoms with E-state index in [-0.39, 0.29) is 0 Å². The Morgan fingerprint density at radius 2 is 0.938 bits per heavy atom. The van der Waals surface area contributed by atoms with Gasteiger partial charge in [-0.25, -0.2) is 0 Å². The third kappa shape index (κ3) is 5.14. The van der Waals surface area contributed by atoms with Crippen LogP contribution >= 0.6 is 35.3 Å². The molecule has 0 nitrogen and oxygen atoms in total. The van der Waals surface area contributed by atoms with Crippen LogP contribution in [-0.4, -0.2) is 30.1 Å². The molecular formula is C12H27IrS3. The molecule has 0 aliphatic carbocycles. The molecule has 0 spiro atoms. The first kappa shape index (κ1) is 17.7. The molecule has 0 saturated heterocycles. The molecule has 4 heteroatoms. The molecule has 102 valence electrons. The Kier molecular flexibility index (Phi) is 11.7. The second-order valence-electron chi connectivity index (χ2n) is 3.41. The Hall–Kier alpha value is 1.70. The van der Waals surface area contributed by atoms with Crippen LogP contribution in [0.4, 0.5) is 0 Å². The summed E-state index contributed by atoms with van der Waals surface area (Å²) in [5, 5.41) is 0. The number of hydrogen-bond acceptors (Lipinski definition) is 3. The summed E-state index contributed by atoms with van der Waals surface area (Å²) < 4.78 is 2.99. The normalized spacial score (nSPS) is 18.0. The second kappa shape index (κ2) is 10.6. The van der Waals surface area contributed by atoms with Crippen molar-refractivity contribution < 1.29 is 16.5 Å². The first-order valence-electron chi connectivity index (χ1n) is 5.86. The number of hydrogen-bond donors (Lipinski definition) is 0. The summed E-state index contributed by atoms with van der Waals surface area (Å²) in [7, 11) is 0. The van der Waals surface area contributed by atoms with Gasteiger partial charge >= 0.3 is 122 Å². The standard InChI is InChI=1S/3C4H9S.Ir/c3*1-3-4-5-2;/h3*4H,3H2,1-2H3;. The third-order valence-electron chi connectivity index (χ3n) is 2.39. The minimum atomic E-state index is -1.000. The van der Waals surface area contributed by atoms with Crippen molar-refractivity contribution >= 4 is 35.3 Å². The molecule has 0 N–H and O–H groups in total. The number of rotatable bonds is 9. The van der Waals surface area contributed by atoms with Gasteiger partial charge in [-0.2, -0.15) is 0 Å². The average Bonchev–Trinajstić information content (AvgIpc) is 2.33.